The molecule has 0 radical (unpaired) electrons. The second-order valence-corrected chi connectivity index (χ2v) is 8.93. The number of alkyl halides is 1. The van der Waals surface area contributed by atoms with Gasteiger partial charge in [-0.1, -0.05) is 0 Å². The van der Waals surface area contributed by atoms with E-state index >= 15 is 4.39 Å². The van der Waals surface area contributed by atoms with E-state index in [2.05, 4.69) is 10.3 Å². The highest BCUT2D eigenvalue weighted by molar-refractivity contribution is 6.06. The van der Waals surface area contributed by atoms with Crippen LogP contribution in [0.2, 0.25) is 0 Å². The maximum atomic E-state index is 15.0. The van der Waals surface area contributed by atoms with Crippen molar-refractivity contribution in [3.63, 3.8) is 0 Å². The molecular formula is C25H32FN5O4. The number of halogens is 1. The second kappa shape index (κ2) is 9.89. The summed E-state index contributed by atoms with van der Waals surface area (Å²) in [6.45, 7) is 5.13. The van der Waals surface area contributed by atoms with Crippen LogP contribution in [-0.4, -0.2) is 68.8 Å². The van der Waals surface area contributed by atoms with Crippen LogP contribution in [0.25, 0.3) is 0 Å². The number of carbonyl (C=O) groups excluding carboxylic acids is 2. The van der Waals surface area contributed by atoms with E-state index < -0.39 is 11.6 Å². The van der Waals surface area contributed by atoms with E-state index in [4.69, 9.17) is 14.9 Å². The number of amidine groups is 1. The monoisotopic (exact) mass is 485 g/mol. The van der Waals surface area contributed by atoms with E-state index in [1.165, 1.54) is 34.1 Å². The van der Waals surface area contributed by atoms with Gasteiger partial charge < -0.3 is 24.6 Å². The Morgan fingerprint density at radius 3 is 2.51 bits per heavy atom. The van der Waals surface area contributed by atoms with Crippen LogP contribution >= 0.6 is 0 Å². The fourth-order valence-electron chi connectivity index (χ4n) is 4.00. The first-order valence-electron chi connectivity index (χ1n) is 11.3. The molecule has 0 aliphatic carbocycles. The Morgan fingerprint density at radius 2 is 1.97 bits per heavy atom. The number of Topliss-reactive ketones (excluding diaryl/α,β-unsaturated/α-hetero) is 1. The van der Waals surface area contributed by atoms with E-state index in [0.717, 1.165) is 0 Å². The molecular weight excluding hydrogens is 453 g/mol. The number of anilines is 1. The zero-order valence-corrected chi connectivity index (χ0v) is 21.2. The van der Waals surface area contributed by atoms with Gasteiger partial charge in [-0.15, -0.1) is 0 Å². The van der Waals surface area contributed by atoms with Crippen LogP contribution in [0.15, 0.2) is 18.2 Å². The van der Waals surface area contributed by atoms with Crippen molar-refractivity contribution in [2.45, 2.75) is 33.0 Å². The zero-order valence-electron chi connectivity index (χ0n) is 21.2. The first-order chi connectivity index (χ1) is 16.4. The Balaban J connectivity index is 1.95. The summed E-state index contributed by atoms with van der Waals surface area (Å²) in [5.41, 5.74) is 0.533. The standard InChI is InChI=1S/C25H32FN5O4/c1-8-35-19-11-15-12-31(23(27)20(15)29-21(19)24(33)28-4)13-18(32)14-9-16(25(2,3)26)22(34-7)17(10-14)30(5)6/h9-11,27H,8,12-13H2,1-7H3,(H,28,33). The number of amides is 1. The first-order valence-corrected chi connectivity index (χ1v) is 11.3. The van der Waals surface area contributed by atoms with Gasteiger partial charge in [0.2, 0.25) is 0 Å². The summed E-state index contributed by atoms with van der Waals surface area (Å²) in [4.78, 5) is 33.3. The van der Waals surface area contributed by atoms with Gasteiger partial charge in [0.15, 0.2) is 17.2 Å². The molecule has 1 aliphatic rings. The largest absolute Gasteiger partial charge is 0.494 e. The molecule has 0 unspecified atom stereocenters. The van der Waals surface area contributed by atoms with Crippen LogP contribution in [0, 0.1) is 5.41 Å². The number of hydrogen-bond donors (Lipinski definition) is 2. The minimum absolute atomic E-state index is 0.0361. The van der Waals surface area contributed by atoms with E-state index in [1.807, 2.05) is 0 Å². The Labute approximate surface area is 204 Å². The van der Waals surface area contributed by atoms with E-state index in [0.29, 0.717) is 40.6 Å². The number of aromatic nitrogens is 1. The molecule has 1 aromatic carbocycles. The molecule has 188 valence electrons. The van der Waals surface area contributed by atoms with Gasteiger partial charge >= 0.3 is 0 Å². The summed E-state index contributed by atoms with van der Waals surface area (Å²) in [6, 6.07) is 4.87. The van der Waals surface area contributed by atoms with E-state index in [-0.39, 0.29) is 36.0 Å². The van der Waals surface area contributed by atoms with Crippen molar-refractivity contribution in [2.75, 3.05) is 46.3 Å². The van der Waals surface area contributed by atoms with Crippen molar-refractivity contribution in [2.24, 2.45) is 0 Å². The van der Waals surface area contributed by atoms with Crippen molar-refractivity contribution in [1.82, 2.24) is 15.2 Å². The summed E-state index contributed by atoms with van der Waals surface area (Å²) >= 11 is 0. The fourth-order valence-corrected chi connectivity index (χ4v) is 4.00. The number of ether oxygens (including phenoxy) is 2. The van der Waals surface area contributed by atoms with Gasteiger partial charge in [0.05, 0.1) is 25.9 Å². The van der Waals surface area contributed by atoms with Crippen molar-refractivity contribution < 1.29 is 23.5 Å². The molecule has 0 saturated carbocycles. The summed E-state index contributed by atoms with van der Waals surface area (Å²) in [5.74, 6) is 0.0284. The highest BCUT2D eigenvalue weighted by atomic mass is 19.1. The summed E-state index contributed by atoms with van der Waals surface area (Å²) in [7, 11) is 6.55. The first kappa shape index (κ1) is 25.9. The van der Waals surface area contributed by atoms with Gasteiger partial charge in [0, 0.05) is 44.4 Å². The van der Waals surface area contributed by atoms with Gasteiger partial charge in [-0.05, 0) is 39.0 Å². The van der Waals surface area contributed by atoms with Crippen molar-refractivity contribution in [3.8, 4) is 11.5 Å². The number of carbonyl (C=O) groups is 2. The molecule has 9 nitrogen and oxygen atoms in total. The Hall–Kier alpha value is -3.69. The molecule has 0 atom stereocenters. The van der Waals surface area contributed by atoms with Gasteiger partial charge in [0.1, 0.15) is 22.9 Å². The lowest BCUT2D eigenvalue weighted by atomic mass is 9.94. The van der Waals surface area contributed by atoms with Gasteiger partial charge in [0.25, 0.3) is 5.91 Å². The van der Waals surface area contributed by atoms with Crippen molar-refractivity contribution in [1.29, 1.82) is 5.41 Å². The predicted octanol–water partition coefficient (Wildman–Crippen LogP) is 3.14. The molecule has 3 rings (SSSR count). The van der Waals surface area contributed by atoms with Crippen LogP contribution in [-0.2, 0) is 12.2 Å². The third-order valence-electron chi connectivity index (χ3n) is 5.76. The number of pyridine rings is 1. The number of benzene rings is 1. The lowest BCUT2D eigenvalue weighted by Gasteiger charge is -2.25. The molecule has 10 heteroatoms. The van der Waals surface area contributed by atoms with Crippen LogP contribution < -0.4 is 19.7 Å². The summed E-state index contributed by atoms with van der Waals surface area (Å²) in [6.07, 6.45) is 0. The van der Waals surface area contributed by atoms with Crippen LogP contribution in [0.3, 0.4) is 0 Å². The molecule has 2 aromatic rings. The highest BCUT2D eigenvalue weighted by Gasteiger charge is 2.32. The molecule has 1 amide bonds. The summed E-state index contributed by atoms with van der Waals surface area (Å²) < 4.78 is 26.1. The number of rotatable bonds is 9. The molecule has 2 heterocycles. The van der Waals surface area contributed by atoms with Crippen LogP contribution in [0.4, 0.5) is 10.1 Å². The molecule has 35 heavy (non-hydrogen) atoms. The molecule has 0 spiro atoms. The smallest absolute Gasteiger partial charge is 0.273 e. The van der Waals surface area contributed by atoms with Crippen LogP contribution in [0.5, 0.6) is 11.5 Å². The van der Waals surface area contributed by atoms with Crippen molar-refractivity contribution >= 4 is 23.2 Å². The third-order valence-corrected chi connectivity index (χ3v) is 5.76. The quantitative estimate of drug-likeness (QED) is 0.526. The Morgan fingerprint density at radius 1 is 1.29 bits per heavy atom. The molecule has 0 fully saturated rings. The number of methoxy groups -OCH3 is 1. The van der Waals surface area contributed by atoms with Gasteiger partial charge in [-0.25, -0.2) is 9.37 Å². The third kappa shape index (κ3) is 5.06. The number of fused-ring (bicyclic) bond motifs is 1. The summed E-state index contributed by atoms with van der Waals surface area (Å²) in [5, 5.41) is 11.1. The molecule has 2 N–H and O–H groups in total. The molecule has 0 bridgehead atoms. The molecule has 1 aromatic heterocycles. The number of nitrogens with zero attached hydrogens (tertiary/aromatic N) is 3. The van der Waals surface area contributed by atoms with Gasteiger partial charge in [-0.3, -0.25) is 15.0 Å². The van der Waals surface area contributed by atoms with Crippen molar-refractivity contribution in [3.05, 3.63) is 46.3 Å². The predicted molar refractivity (Wildman–Crippen MR) is 132 cm³/mol. The van der Waals surface area contributed by atoms with E-state index in [9.17, 15) is 9.59 Å². The number of hydrogen-bond acceptors (Lipinski definition) is 7. The maximum absolute atomic E-state index is 15.0. The Kier molecular flexibility index (Phi) is 7.33. The minimum atomic E-state index is -1.74. The average molecular weight is 486 g/mol. The SMILES string of the molecule is CCOc1cc2c(nc1C(=O)NC)C(=N)N(CC(=O)c1cc(N(C)C)c(OC)c(C(C)(C)F)c1)C2. The highest BCUT2D eigenvalue weighted by Crippen LogP contribution is 2.40. The second-order valence-electron chi connectivity index (χ2n) is 8.93. The lowest BCUT2D eigenvalue weighted by molar-refractivity contribution is 0.0949. The fraction of sp³-hybridized carbons (Fsp3) is 0.440. The lowest BCUT2D eigenvalue weighted by Crippen LogP contribution is -2.31. The maximum Gasteiger partial charge on any atom is 0.273 e. The number of nitrogens with one attached hydrogen (secondary N) is 2. The Bertz CT molecular complexity index is 1170. The minimum Gasteiger partial charge on any atom is -0.494 e. The van der Waals surface area contributed by atoms with Gasteiger partial charge in [-0.2, -0.15) is 0 Å². The van der Waals surface area contributed by atoms with E-state index in [1.54, 1.807) is 43.0 Å². The molecule has 1 aliphatic heterocycles. The number of ketones is 1. The normalized spacial score (nSPS) is 12.9. The van der Waals surface area contributed by atoms with Crippen LogP contribution in [0.1, 0.15) is 58.4 Å². The average Bonchev–Trinajstić information content (AvgIpc) is 3.10. The topological polar surface area (TPSA) is 108 Å². The zero-order chi connectivity index (χ0) is 26.1. The molecule has 0 saturated heterocycles.